The summed E-state index contributed by atoms with van der Waals surface area (Å²) in [6.45, 7) is 7.01. The maximum absolute atomic E-state index is 6.19. The third kappa shape index (κ3) is 1.54. The van der Waals surface area contributed by atoms with Crippen LogP contribution in [-0.2, 0) is 9.47 Å². The molecule has 2 aliphatic heterocycles. The van der Waals surface area contributed by atoms with Crippen molar-refractivity contribution < 1.29 is 9.47 Å². The maximum Gasteiger partial charge on any atom is 0.172 e. The third-order valence-corrected chi connectivity index (χ3v) is 4.66. The molecule has 0 radical (unpaired) electrons. The van der Waals surface area contributed by atoms with Crippen LogP contribution in [0.3, 0.4) is 0 Å². The highest BCUT2D eigenvalue weighted by Gasteiger charge is 2.57. The Kier molecular flexibility index (Phi) is 2.60. The molecular formula is C14H22O2. The van der Waals surface area contributed by atoms with E-state index in [0.717, 1.165) is 13.0 Å². The average Bonchev–Trinajstić information content (AvgIpc) is 2.89. The van der Waals surface area contributed by atoms with Crippen LogP contribution in [0.4, 0.5) is 0 Å². The van der Waals surface area contributed by atoms with Crippen LogP contribution in [0.25, 0.3) is 0 Å². The zero-order valence-electron chi connectivity index (χ0n) is 10.2. The van der Waals surface area contributed by atoms with Gasteiger partial charge in [0.05, 0.1) is 12.7 Å². The highest BCUT2D eigenvalue weighted by molar-refractivity contribution is 5.09. The molecule has 0 aromatic heterocycles. The summed E-state index contributed by atoms with van der Waals surface area (Å²) in [4.78, 5) is 0. The maximum atomic E-state index is 6.19. The van der Waals surface area contributed by atoms with Gasteiger partial charge in [-0.15, -0.1) is 0 Å². The fourth-order valence-electron chi connectivity index (χ4n) is 3.71. The summed E-state index contributed by atoms with van der Waals surface area (Å²) in [5, 5.41) is 0. The van der Waals surface area contributed by atoms with Crippen molar-refractivity contribution in [2.75, 3.05) is 6.61 Å². The van der Waals surface area contributed by atoms with E-state index in [1.807, 2.05) is 0 Å². The summed E-state index contributed by atoms with van der Waals surface area (Å²) in [6, 6.07) is 0. The topological polar surface area (TPSA) is 18.5 Å². The van der Waals surface area contributed by atoms with E-state index in [1.165, 1.54) is 37.7 Å². The van der Waals surface area contributed by atoms with E-state index >= 15 is 0 Å². The second-order valence-corrected chi connectivity index (χ2v) is 5.77. The normalized spacial score (nSPS) is 43.8. The zero-order chi connectivity index (χ0) is 11.2. The zero-order valence-corrected chi connectivity index (χ0v) is 10.2. The lowest BCUT2D eigenvalue weighted by Crippen LogP contribution is -2.40. The fraction of sp³-hybridized carbons (Fsp3) is 0.857. The summed E-state index contributed by atoms with van der Waals surface area (Å²) in [5.74, 6) is 0.945. The molecule has 2 heteroatoms. The van der Waals surface area contributed by atoms with Crippen molar-refractivity contribution in [3.05, 3.63) is 12.2 Å². The van der Waals surface area contributed by atoms with Crippen LogP contribution >= 0.6 is 0 Å². The molecule has 2 bridgehead atoms. The van der Waals surface area contributed by atoms with Gasteiger partial charge in [-0.1, -0.05) is 31.4 Å². The predicted octanol–water partition coefficient (Wildman–Crippen LogP) is 3.27. The van der Waals surface area contributed by atoms with E-state index in [-0.39, 0.29) is 5.79 Å². The Hall–Kier alpha value is -0.340. The van der Waals surface area contributed by atoms with Crippen molar-refractivity contribution in [1.29, 1.82) is 0 Å². The SMILES string of the molecule is C=C(C)C1CC2(C3CCCCC3)OCC1O2. The summed E-state index contributed by atoms with van der Waals surface area (Å²) in [7, 11) is 0. The molecule has 0 spiro atoms. The highest BCUT2D eigenvalue weighted by Crippen LogP contribution is 2.52. The van der Waals surface area contributed by atoms with E-state index in [4.69, 9.17) is 9.47 Å². The molecule has 2 heterocycles. The van der Waals surface area contributed by atoms with Gasteiger partial charge in [-0.05, 0) is 19.8 Å². The lowest BCUT2D eigenvalue weighted by molar-refractivity contribution is -0.191. The molecule has 0 aromatic carbocycles. The molecule has 0 amide bonds. The predicted molar refractivity (Wildman–Crippen MR) is 63.1 cm³/mol. The molecule has 2 saturated heterocycles. The van der Waals surface area contributed by atoms with Crippen LogP contribution in [0.15, 0.2) is 12.2 Å². The van der Waals surface area contributed by atoms with E-state index in [0.29, 0.717) is 17.9 Å². The minimum atomic E-state index is -0.227. The Labute approximate surface area is 98.0 Å². The van der Waals surface area contributed by atoms with Crippen LogP contribution in [0.2, 0.25) is 0 Å². The van der Waals surface area contributed by atoms with Crippen molar-refractivity contribution in [2.24, 2.45) is 11.8 Å². The van der Waals surface area contributed by atoms with Gasteiger partial charge in [0, 0.05) is 18.3 Å². The van der Waals surface area contributed by atoms with Gasteiger partial charge in [0.1, 0.15) is 0 Å². The molecule has 3 atom stereocenters. The van der Waals surface area contributed by atoms with E-state index < -0.39 is 0 Å². The smallest absolute Gasteiger partial charge is 0.172 e. The summed E-state index contributed by atoms with van der Waals surface area (Å²) >= 11 is 0. The van der Waals surface area contributed by atoms with Crippen molar-refractivity contribution in [3.8, 4) is 0 Å². The molecule has 0 N–H and O–H groups in total. The summed E-state index contributed by atoms with van der Waals surface area (Å²) in [5.41, 5.74) is 1.27. The van der Waals surface area contributed by atoms with E-state index in [9.17, 15) is 0 Å². The number of hydrogen-bond donors (Lipinski definition) is 0. The molecule has 1 saturated carbocycles. The van der Waals surface area contributed by atoms with Crippen LogP contribution < -0.4 is 0 Å². The van der Waals surface area contributed by atoms with Gasteiger partial charge in [-0.2, -0.15) is 0 Å². The Balaban J connectivity index is 1.76. The molecule has 3 aliphatic rings. The first-order valence-electron chi connectivity index (χ1n) is 6.68. The second kappa shape index (κ2) is 3.85. The van der Waals surface area contributed by atoms with Crippen LogP contribution in [0.5, 0.6) is 0 Å². The molecule has 3 fully saturated rings. The van der Waals surface area contributed by atoms with Crippen molar-refractivity contribution in [1.82, 2.24) is 0 Å². The minimum Gasteiger partial charge on any atom is -0.347 e. The van der Waals surface area contributed by atoms with Crippen molar-refractivity contribution in [2.45, 2.75) is 57.3 Å². The monoisotopic (exact) mass is 222 g/mol. The summed E-state index contributed by atoms with van der Waals surface area (Å²) < 4.78 is 12.2. The van der Waals surface area contributed by atoms with E-state index in [2.05, 4.69) is 13.5 Å². The number of hydrogen-bond acceptors (Lipinski definition) is 2. The lowest BCUT2D eigenvalue weighted by atomic mass is 9.78. The van der Waals surface area contributed by atoms with Gasteiger partial charge in [0.2, 0.25) is 0 Å². The Bertz CT molecular complexity index is 293. The fourth-order valence-corrected chi connectivity index (χ4v) is 3.71. The van der Waals surface area contributed by atoms with E-state index in [1.54, 1.807) is 0 Å². The largest absolute Gasteiger partial charge is 0.347 e. The molecule has 90 valence electrons. The van der Waals surface area contributed by atoms with Gasteiger partial charge in [0.15, 0.2) is 5.79 Å². The third-order valence-electron chi connectivity index (χ3n) is 4.66. The quantitative estimate of drug-likeness (QED) is 0.668. The van der Waals surface area contributed by atoms with Crippen molar-refractivity contribution >= 4 is 0 Å². The Morgan fingerprint density at radius 2 is 2.00 bits per heavy atom. The van der Waals surface area contributed by atoms with Crippen LogP contribution in [0, 0.1) is 11.8 Å². The van der Waals surface area contributed by atoms with Gasteiger partial charge < -0.3 is 9.47 Å². The number of ether oxygens (including phenoxy) is 2. The van der Waals surface area contributed by atoms with Gasteiger partial charge >= 0.3 is 0 Å². The Morgan fingerprint density at radius 1 is 1.25 bits per heavy atom. The molecular weight excluding hydrogens is 200 g/mol. The molecule has 3 rings (SSSR count). The summed E-state index contributed by atoms with van der Waals surface area (Å²) in [6.07, 6.45) is 8.01. The second-order valence-electron chi connectivity index (χ2n) is 5.77. The number of rotatable bonds is 2. The first-order chi connectivity index (χ1) is 7.71. The molecule has 3 unspecified atom stereocenters. The molecule has 2 nitrogen and oxygen atoms in total. The lowest BCUT2D eigenvalue weighted by Gasteiger charge is -2.37. The standard InChI is InChI=1S/C14H22O2/c1-10(2)12-8-14(15-9-13(12)16-14)11-6-4-3-5-7-11/h11-13H,1,3-9H2,2H3. The van der Waals surface area contributed by atoms with Gasteiger partial charge in [-0.25, -0.2) is 0 Å². The van der Waals surface area contributed by atoms with Crippen LogP contribution in [0.1, 0.15) is 45.4 Å². The van der Waals surface area contributed by atoms with Crippen molar-refractivity contribution in [3.63, 3.8) is 0 Å². The first-order valence-corrected chi connectivity index (χ1v) is 6.68. The first kappa shape index (κ1) is 10.8. The number of fused-ring (bicyclic) bond motifs is 2. The minimum absolute atomic E-state index is 0.227. The Morgan fingerprint density at radius 3 is 2.62 bits per heavy atom. The highest BCUT2D eigenvalue weighted by atomic mass is 16.8. The molecule has 16 heavy (non-hydrogen) atoms. The van der Waals surface area contributed by atoms with Gasteiger partial charge in [0.25, 0.3) is 0 Å². The molecule has 1 aliphatic carbocycles. The van der Waals surface area contributed by atoms with Gasteiger partial charge in [-0.3, -0.25) is 0 Å². The molecule has 0 aromatic rings. The van der Waals surface area contributed by atoms with Crippen LogP contribution in [-0.4, -0.2) is 18.5 Å². The average molecular weight is 222 g/mol.